The Morgan fingerprint density at radius 1 is 1.11 bits per heavy atom. The molecule has 1 aromatic carbocycles. The number of unbranched alkanes of at least 4 members (excludes halogenated alkanes) is 5. The Bertz CT molecular complexity index is 321. The van der Waals surface area contributed by atoms with Crippen molar-refractivity contribution in [2.75, 3.05) is 11.9 Å². The van der Waals surface area contributed by atoms with Crippen LogP contribution in [-0.2, 0) is 0 Å². The lowest BCUT2D eigenvalue weighted by Gasteiger charge is -2.10. The summed E-state index contributed by atoms with van der Waals surface area (Å²) in [6.07, 6.45) is 8.05. The van der Waals surface area contributed by atoms with Crippen molar-refractivity contribution in [2.45, 2.75) is 58.4 Å². The first kappa shape index (κ1) is 15.0. The smallest absolute Gasteiger partial charge is 0.0343 e. The third-order valence-corrected chi connectivity index (χ3v) is 3.27. The molecule has 0 aromatic heterocycles. The first-order chi connectivity index (χ1) is 8.74. The fraction of sp³-hybridized carbons (Fsp3) is 0.625. The predicted octanol–water partition coefficient (Wildman–Crippen LogP) is 4.48. The largest absolute Gasteiger partial charge is 0.385 e. The Morgan fingerprint density at radius 3 is 2.56 bits per heavy atom. The summed E-state index contributed by atoms with van der Waals surface area (Å²) in [6, 6.07) is 8.54. The lowest BCUT2D eigenvalue weighted by molar-refractivity contribution is 0.617. The molecule has 1 atom stereocenters. The van der Waals surface area contributed by atoms with Crippen molar-refractivity contribution in [1.82, 2.24) is 0 Å². The molecule has 0 spiro atoms. The maximum absolute atomic E-state index is 5.88. The second-order valence-corrected chi connectivity index (χ2v) is 5.11. The number of nitrogens with two attached hydrogens (primary N) is 1. The average molecular weight is 248 g/mol. The first-order valence-corrected chi connectivity index (χ1v) is 7.33. The third-order valence-electron chi connectivity index (χ3n) is 3.27. The van der Waals surface area contributed by atoms with Crippen molar-refractivity contribution in [3.8, 4) is 0 Å². The number of hydrogen-bond donors (Lipinski definition) is 2. The van der Waals surface area contributed by atoms with Gasteiger partial charge in [-0.2, -0.15) is 0 Å². The van der Waals surface area contributed by atoms with Crippen LogP contribution in [0.4, 0.5) is 5.69 Å². The van der Waals surface area contributed by atoms with Gasteiger partial charge in [-0.3, -0.25) is 0 Å². The lowest BCUT2D eigenvalue weighted by atomic mass is 10.1. The zero-order valence-electron chi connectivity index (χ0n) is 11.9. The van der Waals surface area contributed by atoms with E-state index in [-0.39, 0.29) is 6.04 Å². The quantitative estimate of drug-likeness (QED) is 0.632. The summed E-state index contributed by atoms with van der Waals surface area (Å²) in [5.74, 6) is 0. The van der Waals surface area contributed by atoms with Crippen LogP contribution < -0.4 is 11.1 Å². The van der Waals surface area contributed by atoms with Crippen LogP contribution in [0.5, 0.6) is 0 Å². The molecule has 0 aliphatic heterocycles. The van der Waals surface area contributed by atoms with E-state index in [1.54, 1.807) is 0 Å². The van der Waals surface area contributed by atoms with E-state index in [0.29, 0.717) is 0 Å². The molecule has 1 unspecified atom stereocenters. The van der Waals surface area contributed by atoms with Crippen molar-refractivity contribution >= 4 is 5.69 Å². The zero-order chi connectivity index (χ0) is 13.2. The van der Waals surface area contributed by atoms with E-state index < -0.39 is 0 Å². The minimum absolute atomic E-state index is 0.112. The molecule has 0 bridgehead atoms. The van der Waals surface area contributed by atoms with Gasteiger partial charge in [0.25, 0.3) is 0 Å². The van der Waals surface area contributed by atoms with Crippen molar-refractivity contribution in [1.29, 1.82) is 0 Å². The number of benzene rings is 1. The second-order valence-electron chi connectivity index (χ2n) is 5.11. The van der Waals surface area contributed by atoms with Gasteiger partial charge < -0.3 is 11.1 Å². The van der Waals surface area contributed by atoms with E-state index in [1.807, 2.05) is 6.92 Å². The van der Waals surface area contributed by atoms with E-state index in [9.17, 15) is 0 Å². The maximum atomic E-state index is 5.88. The van der Waals surface area contributed by atoms with E-state index in [2.05, 4.69) is 36.5 Å². The highest BCUT2D eigenvalue weighted by molar-refractivity contribution is 5.46. The van der Waals surface area contributed by atoms with Gasteiger partial charge in [0.05, 0.1) is 0 Å². The Labute approximate surface area is 112 Å². The van der Waals surface area contributed by atoms with Gasteiger partial charge in [-0.25, -0.2) is 0 Å². The zero-order valence-corrected chi connectivity index (χ0v) is 11.9. The van der Waals surface area contributed by atoms with E-state index in [4.69, 9.17) is 5.73 Å². The topological polar surface area (TPSA) is 38.0 Å². The summed E-state index contributed by atoms with van der Waals surface area (Å²) < 4.78 is 0. The molecule has 0 fully saturated rings. The molecule has 0 aliphatic rings. The summed E-state index contributed by atoms with van der Waals surface area (Å²) in [7, 11) is 0. The standard InChI is InChI=1S/C16H28N2/c1-3-4-5-6-7-8-12-18-16-11-9-10-15(13-16)14(2)17/h9-11,13-14,18H,3-8,12,17H2,1-2H3. The Kier molecular flexibility index (Phi) is 7.51. The van der Waals surface area contributed by atoms with E-state index in [0.717, 1.165) is 6.54 Å². The molecule has 2 heteroatoms. The SMILES string of the molecule is CCCCCCCCNc1cccc(C(C)N)c1. The van der Waals surface area contributed by atoms with Gasteiger partial charge in [0.2, 0.25) is 0 Å². The van der Waals surface area contributed by atoms with Gasteiger partial charge in [-0.05, 0) is 31.0 Å². The lowest BCUT2D eigenvalue weighted by Crippen LogP contribution is -2.06. The van der Waals surface area contributed by atoms with Crippen LogP contribution >= 0.6 is 0 Å². The highest BCUT2D eigenvalue weighted by Gasteiger charge is 1.99. The van der Waals surface area contributed by atoms with Gasteiger partial charge in [0.15, 0.2) is 0 Å². The summed E-state index contributed by atoms with van der Waals surface area (Å²) >= 11 is 0. The Morgan fingerprint density at radius 2 is 1.83 bits per heavy atom. The van der Waals surface area contributed by atoms with E-state index in [1.165, 1.54) is 49.8 Å². The van der Waals surface area contributed by atoms with Crippen LogP contribution in [0.3, 0.4) is 0 Å². The average Bonchev–Trinajstić information content (AvgIpc) is 2.38. The Hall–Kier alpha value is -1.02. The molecule has 0 heterocycles. The van der Waals surface area contributed by atoms with Crippen LogP contribution in [0.15, 0.2) is 24.3 Å². The number of hydrogen-bond acceptors (Lipinski definition) is 2. The van der Waals surface area contributed by atoms with Gasteiger partial charge in [-0.1, -0.05) is 51.2 Å². The van der Waals surface area contributed by atoms with Crippen LogP contribution in [0.25, 0.3) is 0 Å². The van der Waals surface area contributed by atoms with Crippen molar-refractivity contribution in [3.05, 3.63) is 29.8 Å². The third kappa shape index (κ3) is 6.06. The number of rotatable bonds is 9. The number of anilines is 1. The molecule has 1 rings (SSSR count). The van der Waals surface area contributed by atoms with Crippen LogP contribution in [-0.4, -0.2) is 6.54 Å². The van der Waals surface area contributed by atoms with Crippen LogP contribution in [0.1, 0.15) is 64.0 Å². The normalized spacial score (nSPS) is 12.4. The van der Waals surface area contributed by atoms with E-state index >= 15 is 0 Å². The predicted molar refractivity (Wildman–Crippen MR) is 80.9 cm³/mol. The summed E-state index contributed by atoms with van der Waals surface area (Å²) in [6.45, 7) is 5.34. The highest BCUT2D eigenvalue weighted by Crippen LogP contribution is 2.15. The fourth-order valence-electron chi connectivity index (χ4n) is 2.07. The Balaban J connectivity index is 2.17. The first-order valence-electron chi connectivity index (χ1n) is 7.33. The van der Waals surface area contributed by atoms with Gasteiger partial charge in [-0.15, -0.1) is 0 Å². The fourth-order valence-corrected chi connectivity index (χ4v) is 2.07. The molecule has 102 valence electrons. The molecule has 18 heavy (non-hydrogen) atoms. The minimum atomic E-state index is 0.112. The van der Waals surface area contributed by atoms with Crippen molar-refractivity contribution in [3.63, 3.8) is 0 Å². The molecule has 3 N–H and O–H groups in total. The minimum Gasteiger partial charge on any atom is -0.385 e. The second kappa shape index (κ2) is 8.98. The van der Waals surface area contributed by atoms with Gasteiger partial charge >= 0.3 is 0 Å². The molecular formula is C16H28N2. The van der Waals surface area contributed by atoms with Crippen molar-refractivity contribution < 1.29 is 0 Å². The molecular weight excluding hydrogens is 220 g/mol. The highest BCUT2D eigenvalue weighted by atomic mass is 14.9. The monoisotopic (exact) mass is 248 g/mol. The van der Waals surface area contributed by atoms with Gasteiger partial charge in [0.1, 0.15) is 0 Å². The number of nitrogens with one attached hydrogen (secondary N) is 1. The maximum Gasteiger partial charge on any atom is 0.0343 e. The molecule has 0 radical (unpaired) electrons. The van der Waals surface area contributed by atoms with Gasteiger partial charge in [0, 0.05) is 18.3 Å². The summed E-state index contributed by atoms with van der Waals surface area (Å²) in [4.78, 5) is 0. The van der Waals surface area contributed by atoms with Crippen molar-refractivity contribution in [2.24, 2.45) is 5.73 Å². The summed E-state index contributed by atoms with van der Waals surface area (Å²) in [5.41, 5.74) is 8.27. The summed E-state index contributed by atoms with van der Waals surface area (Å²) in [5, 5.41) is 3.48. The molecule has 2 nitrogen and oxygen atoms in total. The molecule has 0 saturated carbocycles. The molecule has 0 saturated heterocycles. The molecule has 1 aromatic rings. The molecule has 0 aliphatic carbocycles. The van der Waals surface area contributed by atoms with Crippen LogP contribution in [0, 0.1) is 0 Å². The molecule has 0 amide bonds. The van der Waals surface area contributed by atoms with Crippen LogP contribution in [0.2, 0.25) is 0 Å².